The van der Waals surface area contributed by atoms with Gasteiger partial charge in [0.15, 0.2) is 0 Å². The van der Waals surface area contributed by atoms with E-state index in [9.17, 15) is 0 Å². The molecule has 0 radical (unpaired) electrons. The van der Waals surface area contributed by atoms with Crippen molar-refractivity contribution in [2.75, 3.05) is 25.2 Å². The second-order valence-corrected chi connectivity index (χ2v) is 6.29. The molecule has 1 fully saturated rings. The zero-order valence-corrected chi connectivity index (χ0v) is 14.2. The van der Waals surface area contributed by atoms with Crippen molar-refractivity contribution in [1.82, 2.24) is 9.97 Å². The van der Waals surface area contributed by atoms with Gasteiger partial charge in [-0.1, -0.05) is 6.92 Å². The van der Waals surface area contributed by atoms with Gasteiger partial charge < -0.3 is 9.64 Å². The van der Waals surface area contributed by atoms with Crippen LogP contribution in [-0.2, 0) is 11.2 Å². The van der Waals surface area contributed by atoms with Gasteiger partial charge in [0, 0.05) is 32.2 Å². The molecular formula is C15H24BrN3O. The van der Waals surface area contributed by atoms with Crippen molar-refractivity contribution in [3.63, 3.8) is 0 Å². The smallest absolute Gasteiger partial charge is 0.133 e. The zero-order valence-electron chi connectivity index (χ0n) is 12.6. The second-order valence-electron chi connectivity index (χ2n) is 5.48. The van der Waals surface area contributed by atoms with Gasteiger partial charge in [-0.2, -0.15) is 0 Å². The summed E-state index contributed by atoms with van der Waals surface area (Å²) >= 11 is 3.51. The van der Waals surface area contributed by atoms with E-state index in [2.05, 4.69) is 39.7 Å². The number of hydrogen-bond acceptors (Lipinski definition) is 4. The zero-order chi connectivity index (χ0) is 14.5. The number of hydrogen-bond donors (Lipinski definition) is 0. The summed E-state index contributed by atoms with van der Waals surface area (Å²) in [6.07, 6.45) is 4.64. The molecule has 5 heteroatoms. The van der Waals surface area contributed by atoms with E-state index in [1.165, 1.54) is 12.8 Å². The largest absolute Gasteiger partial charge is 0.383 e. The minimum atomic E-state index is 0.515. The van der Waals surface area contributed by atoms with Crippen molar-refractivity contribution in [2.45, 2.75) is 45.6 Å². The number of anilines is 1. The first-order valence-corrected chi connectivity index (χ1v) is 8.24. The number of halogens is 1. The maximum absolute atomic E-state index is 5.26. The van der Waals surface area contributed by atoms with E-state index >= 15 is 0 Å². The minimum Gasteiger partial charge on any atom is -0.383 e. The molecular weight excluding hydrogens is 318 g/mol. The van der Waals surface area contributed by atoms with Crippen LogP contribution in [0.1, 0.15) is 38.9 Å². The Kier molecular flexibility index (Phi) is 5.78. The lowest BCUT2D eigenvalue weighted by Crippen LogP contribution is -2.38. The molecule has 0 bridgehead atoms. The lowest BCUT2D eigenvalue weighted by atomic mass is 10.2. The van der Waals surface area contributed by atoms with Crippen LogP contribution in [0.2, 0.25) is 0 Å². The second kappa shape index (κ2) is 7.36. The molecule has 1 aliphatic rings. The molecule has 0 amide bonds. The molecule has 4 nitrogen and oxygen atoms in total. The molecule has 112 valence electrons. The van der Waals surface area contributed by atoms with Gasteiger partial charge in [-0.3, -0.25) is 0 Å². The number of ether oxygens (including phenoxy) is 1. The van der Waals surface area contributed by atoms with Crippen LogP contribution in [0.4, 0.5) is 5.82 Å². The molecule has 0 saturated heterocycles. The first-order valence-electron chi connectivity index (χ1n) is 7.44. The Balaban J connectivity index is 2.21. The Morgan fingerprint density at radius 2 is 2.20 bits per heavy atom. The van der Waals surface area contributed by atoms with Gasteiger partial charge in [-0.05, 0) is 48.0 Å². The van der Waals surface area contributed by atoms with Gasteiger partial charge in [0.1, 0.15) is 16.2 Å². The van der Waals surface area contributed by atoms with E-state index in [0.29, 0.717) is 6.04 Å². The van der Waals surface area contributed by atoms with Crippen LogP contribution >= 0.6 is 15.9 Å². The molecule has 1 aromatic rings. The van der Waals surface area contributed by atoms with Gasteiger partial charge >= 0.3 is 0 Å². The monoisotopic (exact) mass is 341 g/mol. The van der Waals surface area contributed by atoms with E-state index < -0.39 is 0 Å². The molecule has 1 aromatic heterocycles. The average Bonchev–Trinajstić information content (AvgIpc) is 3.23. The Labute approximate surface area is 130 Å². The van der Waals surface area contributed by atoms with Gasteiger partial charge in [-0.15, -0.1) is 0 Å². The van der Waals surface area contributed by atoms with Crippen LogP contribution in [0.3, 0.4) is 0 Å². The van der Waals surface area contributed by atoms with Crippen molar-refractivity contribution in [1.29, 1.82) is 0 Å². The lowest BCUT2D eigenvalue weighted by molar-refractivity contribution is 0.202. The van der Waals surface area contributed by atoms with Crippen LogP contribution in [0.5, 0.6) is 0 Å². The van der Waals surface area contributed by atoms with E-state index in [4.69, 9.17) is 9.72 Å². The van der Waals surface area contributed by atoms with Crippen LogP contribution in [-0.4, -0.2) is 36.3 Å². The summed E-state index contributed by atoms with van der Waals surface area (Å²) in [6.45, 7) is 6.05. The number of nitrogens with zero attached hydrogens (tertiary/aromatic N) is 3. The number of methoxy groups -OCH3 is 1. The van der Waals surface area contributed by atoms with Crippen LogP contribution in [0.15, 0.2) is 10.7 Å². The molecule has 1 atom stereocenters. The molecule has 0 N–H and O–H groups in total. The normalized spacial score (nSPS) is 16.2. The summed E-state index contributed by atoms with van der Waals surface area (Å²) in [5, 5.41) is 0. The highest BCUT2D eigenvalue weighted by atomic mass is 79.9. The highest BCUT2D eigenvalue weighted by Gasteiger charge is 2.32. The fourth-order valence-corrected chi connectivity index (χ4v) is 2.89. The fraction of sp³-hybridized carbons (Fsp3) is 0.733. The molecule has 1 saturated carbocycles. The van der Waals surface area contributed by atoms with Crippen LogP contribution < -0.4 is 4.90 Å². The van der Waals surface area contributed by atoms with Gasteiger partial charge in [-0.25, -0.2) is 9.97 Å². The van der Waals surface area contributed by atoms with E-state index in [0.717, 1.165) is 48.2 Å². The predicted molar refractivity (Wildman–Crippen MR) is 85.1 cm³/mol. The highest BCUT2D eigenvalue weighted by Crippen LogP contribution is 2.36. The maximum Gasteiger partial charge on any atom is 0.133 e. The summed E-state index contributed by atoms with van der Waals surface area (Å²) in [4.78, 5) is 11.6. The minimum absolute atomic E-state index is 0.515. The Hall–Kier alpha value is -0.680. The summed E-state index contributed by atoms with van der Waals surface area (Å²) in [7, 11) is 1.75. The van der Waals surface area contributed by atoms with Crippen molar-refractivity contribution in [3.8, 4) is 0 Å². The van der Waals surface area contributed by atoms with Gasteiger partial charge in [0.2, 0.25) is 0 Å². The standard InChI is InChI=1S/C15H24BrN3O/c1-4-5-14-17-13(16)10-15(18-14)19(8-9-20-3)11(2)12-6-7-12/h10-12H,4-9H2,1-3H3. The van der Waals surface area contributed by atoms with Crippen molar-refractivity contribution in [2.24, 2.45) is 5.92 Å². The Bertz CT molecular complexity index is 437. The quantitative estimate of drug-likeness (QED) is 0.679. The van der Waals surface area contributed by atoms with Crippen LogP contribution in [0.25, 0.3) is 0 Å². The summed E-state index contributed by atoms with van der Waals surface area (Å²) in [5.74, 6) is 2.74. The van der Waals surface area contributed by atoms with Crippen molar-refractivity contribution < 1.29 is 4.74 Å². The van der Waals surface area contributed by atoms with E-state index in [1.807, 2.05) is 6.07 Å². The molecule has 0 spiro atoms. The van der Waals surface area contributed by atoms with Crippen LogP contribution in [0, 0.1) is 5.92 Å². The molecule has 1 heterocycles. The molecule has 0 aromatic carbocycles. The number of aromatic nitrogens is 2. The summed E-state index contributed by atoms with van der Waals surface area (Å²) in [5.41, 5.74) is 0. The fourth-order valence-electron chi connectivity index (χ4n) is 2.48. The molecule has 1 unspecified atom stereocenters. The first kappa shape index (κ1) is 15.7. The summed E-state index contributed by atoms with van der Waals surface area (Å²) < 4.78 is 6.13. The molecule has 1 aliphatic carbocycles. The molecule has 2 rings (SSSR count). The topological polar surface area (TPSA) is 38.2 Å². The third-order valence-corrected chi connectivity index (χ3v) is 4.23. The third kappa shape index (κ3) is 4.16. The van der Waals surface area contributed by atoms with Crippen molar-refractivity contribution >= 4 is 21.7 Å². The van der Waals surface area contributed by atoms with E-state index in [1.54, 1.807) is 7.11 Å². The Morgan fingerprint density at radius 3 is 2.80 bits per heavy atom. The molecule has 20 heavy (non-hydrogen) atoms. The Morgan fingerprint density at radius 1 is 1.45 bits per heavy atom. The SMILES string of the molecule is CCCc1nc(Br)cc(N(CCOC)C(C)C2CC2)n1. The average molecular weight is 342 g/mol. The molecule has 0 aliphatic heterocycles. The van der Waals surface area contributed by atoms with Gasteiger partial charge in [0.05, 0.1) is 6.61 Å². The highest BCUT2D eigenvalue weighted by molar-refractivity contribution is 9.10. The number of rotatable bonds is 8. The lowest BCUT2D eigenvalue weighted by Gasteiger charge is -2.30. The first-order chi connectivity index (χ1) is 9.65. The summed E-state index contributed by atoms with van der Waals surface area (Å²) in [6, 6.07) is 2.54. The number of aryl methyl sites for hydroxylation is 1. The van der Waals surface area contributed by atoms with E-state index in [-0.39, 0.29) is 0 Å². The van der Waals surface area contributed by atoms with Gasteiger partial charge in [0.25, 0.3) is 0 Å². The third-order valence-electron chi connectivity index (χ3n) is 3.83. The maximum atomic E-state index is 5.26. The van der Waals surface area contributed by atoms with Crippen molar-refractivity contribution in [3.05, 3.63) is 16.5 Å². The predicted octanol–water partition coefficient (Wildman–Crippen LogP) is 3.44.